The quantitative estimate of drug-likeness (QED) is 0.364. The number of aromatic nitrogens is 2. The lowest BCUT2D eigenvalue weighted by atomic mass is 10.1. The van der Waals surface area contributed by atoms with Crippen molar-refractivity contribution in [3.63, 3.8) is 0 Å². The molecule has 0 saturated carbocycles. The molecule has 6 heteroatoms. The smallest absolute Gasteiger partial charge is 0.222 e. The van der Waals surface area contributed by atoms with Crippen molar-refractivity contribution in [2.75, 3.05) is 20.2 Å². The standard InChI is InChI=1S/C27H37N3O3/c1-5-7-14-22(31)19-30(17-6-2)20-25-26(21-12-9-8-10-13-21)28-29(3)27(25)33-24-16-11-15-23(18-24)32-4/h8-13,15-16,18,22,31H,5-7,14,17,19-20H2,1-4H3/t22-/m0/s1. The first-order valence-corrected chi connectivity index (χ1v) is 11.9. The summed E-state index contributed by atoms with van der Waals surface area (Å²) in [5, 5.41) is 15.4. The summed E-state index contributed by atoms with van der Waals surface area (Å²) in [7, 11) is 3.56. The van der Waals surface area contributed by atoms with E-state index in [0.717, 1.165) is 54.8 Å². The van der Waals surface area contributed by atoms with Crippen molar-refractivity contribution in [3.05, 3.63) is 60.2 Å². The summed E-state index contributed by atoms with van der Waals surface area (Å²) in [5.74, 6) is 2.14. The van der Waals surface area contributed by atoms with Gasteiger partial charge in [-0.05, 0) is 31.5 Å². The minimum absolute atomic E-state index is 0.337. The number of aliphatic hydroxyl groups excluding tert-OH is 1. The molecule has 3 rings (SSSR count). The molecular formula is C27H37N3O3. The molecule has 0 unspecified atom stereocenters. The summed E-state index contributed by atoms with van der Waals surface area (Å²) in [6, 6.07) is 17.8. The highest BCUT2D eigenvalue weighted by atomic mass is 16.5. The van der Waals surface area contributed by atoms with Gasteiger partial charge in [0.1, 0.15) is 17.2 Å². The highest BCUT2D eigenvalue weighted by Crippen LogP contribution is 2.35. The number of hydrogen-bond acceptors (Lipinski definition) is 5. The van der Waals surface area contributed by atoms with Crippen LogP contribution in [0.15, 0.2) is 54.6 Å². The Labute approximate surface area is 197 Å². The molecule has 1 atom stereocenters. The average Bonchev–Trinajstić information content (AvgIpc) is 3.13. The van der Waals surface area contributed by atoms with Crippen molar-refractivity contribution in [1.82, 2.24) is 14.7 Å². The van der Waals surface area contributed by atoms with Crippen LogP contribution in [0.5, 0.6) is 17.4 Å². The number of aliphatic hydroxyl groups is 1. The second-order valence-corrected chi connectivity index (χ2v) is 8.43. The third-order valence-electron chi connectivity index (χ3n) is 5.67. The average molecular weight is 452 g/mol. The van der Waals surface area contributed by atoms with E-state index in [1.165, 1.54) is 0 Å². The predicted molar refractivity (Wildman–Crippen MR) is 133 cm³/mol. The van der Waals surface area contributed by atoms with Crippen LogP contribution in [0, 0.1) is 0 Å². The summed E-state index contributed by atoms with van der Waals surface area (Å²) in [6.07, 6.45) is 3.62. The topological polar surface area (TPSA) is 59.8 Å². The first-order valence-electron chi connectivity index (χ1n) is 11.9. The molecule has 33 heavy (non-hydrogen) atoms. The second-order valence-electron chi connectivity index (χ2n) is 8.43. The van der Waals surface area contributed by atoms with E-state index in [9.17, 15) is 5.11 Å². The van der Waals surface area contributed by atoms with Gasteiger partial charge in [-0.25, -0.2) is 4.68 Å². The number of ether oxygens (including phenoxy) is 2. The number of methoxy groups -OCH3 is 1. The third kappa shape index (κ3) is 6.83. The largest absolute Gasteiger partial charge is 0.497 e. The van der Waals surface area contributed by atoms with Gasteiger partial charge in [-0.3, -0.25) is 4.90 Å². The van der Waals surface area contributed by atoms with Crippen molar-refractivity contribution in [2.45, 2.75) is 52.2 Å². The molecule has 3 aromatic rings. The molecule has 0 aliphatic heterocycles. The van der Waals surface area contributed by atoms with Crippen LogP contribution in [0.25, 0.3) is 11.3 Å². The minimum Gasteiger partial charge on any atom is -0.497 e. The Morgan fingerprint density at radius 1 is 1.03 bits per heavy atom. The molecule has 2 aromatic carbocycles. The number of benzene rings is 2. The number of unbranched alkanes of at least 4 members (excludes halogenated alkanes) is 1. The van der Waals surface area contributed by atoms with Gasteiger partial charge in [-0.15, -0.1) is 0 Å². The van der Waals surface area contributed by atoms with E-state index in [-0.39, 0.29) is 6.10 Å². The predicted octanol–water partition coefficient (Wildman–Crippen LogP) is 5.65. The fraction of sp³-hybridized carbons (Fsp3) is 0.444. The summed E-state index contributed by atoms with van der Waals surface area (Å²) in [5.41, 5.74) is 2.97. The maximum absolute atomic E-state index is 10.6. The molecule has 0 amide bonds. The molecule has 1 aromatic heterocycles. The summed E-state index contributed by atoms with van der Waals surface area (Å²) in [6.45, 7) is 6.50. The van der Waals surface area contributed by atoms with Crippen molar-refractivity contribution in [2.24, 2.45) is 7.05 Å². The summed E-state index contributed by atoms with van der Waals surface area (Å²) >= 11 is 0. The van der Waals surface area contributed by atoms with Crippen LogP contribution >= 0.6 is 0 Å². The van der Waals surface area contributed by atoms with Gasteiger partial charge in [-0.1, -0.05) is 63.1 Å². The summed E-state index contributed by atoms with van der Waals surface area (Å²) in [4.78, 5) is 2.31. The van der Waals surface area contributed by atoms with Crippen molar-refractivity contribution < 1.29 is 14.6 Å². The van der Waals surface area contributed by atoms with Gasteiger partial charge in [0.2, 0.25) is 5.88 Å². The molecular weight excluding hydrogens is 414 g/mol. The fourth-order valence-electron chi connectivity index (χ4n) is 4.03. The Morgan fingerprint density at radius 2 is 1.79 bits per heavy atom. The zero-order valence-corrected chi connectivity index (χ0v) is 20.3. The lowest BCUT2D eigenvalue weighted by molar-refractivity contribution is 0.0992. The van der Waals surface area contributed by atoms with Gasteiger partial charge >= 0.3 is 0 Å². The Morgan fingerprint density at radius 3 is 2.48 bits per heavy atom. The Hall–Kier alpha value is -2.83. The first-order chi connectivity index (χ1) is 16.0. The molecule has 0 aliphatic carbocycles. The molecule has 0 radical (unpaired) electrons. The zero-order valence-electron chi connectivity index (χ0n) is 20.3. The Balaban J connectivity index is 1.96. The highest BCUT2D eigenvalue weighted by molar-refractivity contribution is 5.65. The third-order valence-corrected chi connectivity index (χ3v) is 5.67. The van der Waals surface area contributed by atoms with E-state index >= 15 is 0 Å². The highest BCUT2D eigenvalue weighted by Gasteiger charge is 2.23. The molecule has 0 fully saturated rings. The van der Waals surface area contributed by atoms with Gasteiger partial charge in [0, 0.05) is 31.8 Å². The van der Waals surface area contributed by atoms with Crippen LogP contribution in [-0.4, -0.2) is 46.1 Å². The second kappa shape index (κ2) is 12.4. The number of aryl methyl sites for hydroxylation is 1. The molecule has 0 spiro atoms. The van der Waals surface area contributed by atoms with E-state index in [1.54, 1.807) is 11.8 Å². The lowest BCUT2D eigenvalue weighted by Gasteiger charge is -2.25. The van der Waals surface area contributed by atoms with Crippen LogP contribution in [0.3, 0.4) is 0 Å². The van der Waals surface area contributed by atoms with Crippen LogP contribution < -0.4 is 9.47 Å². The maximum Gasteiger partial charge on any atom is 0.222 e. The Kier molecular flexibility index (Phi) is 9.34. The minimum atomic E-state index is -0.337. The van der Waals surface area contributed by atoms with Crippen molar-refractivity contribution >= 4 is 0 Å². The van der Waals surface area contributed by atoms with E-state index in [4.69, 9.17) is 14.6 Å². The van der Waals surface area contributed by atoms with Crippen LogP contribution in [0.1, 0.15) is 45.1 Å². The number of rotatable bonds is 13. The van der Waals surface area contributed by atoms with E-state index < -0.39 is 0 Å². The van der Waals surface area contributed by atoms with Gasteiger partial charge in [-0.2, -0.15) is 5.10 Å². The van der Waals surface area contributed by atoms with E-state index in [2.05, 4.69) is 30.9 Å². The number of nitrogens with zero attached hydrogens (tertiary/aromatic N) is 3. The van der Waals surface area contributed by atoms with Crippen LogP contribution in [0.2, 0.25) is 0 Å². The van der Waals surface area contributed by atoms with E-state index in [0.29, 0.717) is 24.7 Å². The van der Waals surface area contributed by atoms with Gasteiger partial charge in [0.05, 0.1) is 18.8 Å². The fourth-order valence-corrected chi connectivity index (χ4v) is 4.03. The molecule has 6 nitrogen and oxygen atoms in total. The normalized spacial score (nSPS) is 12.2. The molecule has 1 heterocycles. The zero-order chi connectivity index (χ0) is 23.6. The van der Waals surface area contributed by atoms with E-state index in [1.807, 2.05) is 49.5 Å². The van der Waals surface area contributed by atoms with Crippen molar-refractivity contribution in [3.8, 4) is 28.6 Å². The monoisotopic (exact) mass is 451 g/mol. The van der Waals surface area contributed by atoms with Crippen molar-refractivity contribution in [1.29, 1.82) is 0 Å². The lowest BCUT2D eigenvalue weighted by Crippen LogP contribution is -2.33. The SMILES string of the molecule is CCCC[C@H](O)CN(CCC)Cc1c(-c2ccccc2)nn(C)c1Oc1cccc(OC)c1. The first kappa shape index (κ1) is 24.8. The molecule has 0 bridgehead atoms. The molecule has 0 aliphatic rings. The molecule has 1 N–H and O–H groups in total. The summed E-state index contributed by atoms with van der Waals surface area (Å²) < 4.78 is 13.5. The molecule has 0 saturated heterocycles. The van der Waals surface area contributed by atoms with Crippen LogP contribution in [-0.2, 0) is 13.6 Å². The van der Waals surface area contributed by atoms with Gasteiger partial charge in [0.15, 0.2) is 0 Å². The maximum atomic E-state index is 10.6. The molecule has 178 valence electrons. The number of hydrogen-bond donors (Lipinski definition) is 1. The van der Waals surface area contributed by atoms with Gasteiger partial charge < -0.3 is 14.6 Å². The van der Waals surface area contributed by atoms with Crippen LogP contribution in [0.4, 0.5) is 0 Å². The Bertz CT molecular complexity index is 988. The van der Waals surface area contributed by atoms with Gasteiger partial charge in [0.25, 0.3) is 0 Å².